The summed E-state index contributed by atoms with van der Waals surface area (Å²) in [6, 6.07) is 4.04. The Kier molecular flexibility index (Phi) is 3.28. The highest BCUT2D eigenvalue weighted by Gasteiger charge is 2.35. The quantitative estimate of drug-likeness (QED) is 0.866. The highest BCUT2D eigenvalue weighted by molar-refractivity contribution is 5.57. The lowest BCUT2D eigenvalue weighted by molar-refractivity contribution is -0.137. The van der Waals surface area contributed by atoms with Crippen LogP contribution in [0.2, 0.25) is 0 Å². The predicted molar refractivity (Wildman–Crippen MR) is 58.8 cm³/mol. The first-order valence-electron chi connectivity index (χ1n) is 5.58. The van der Waals surface area contributed by atoms with Gasteiger partial charge in [-0.05, 0) is 30.5 Å². The molecule has 1 heterocycles. The van der Waals surface area contributed by atoms with Gasteiger partial charge in [0, 0.05) is 18.8 Å². The molecule has 17 heavy (non-hydrogen) atoms. The van der Waals surface area contributed by atoms with Gasteiger partial charge in [-0.3, -0.25) is 0 Å². The summed E-state index contributed by atoms with van der Waals surface area (Å²) in [6.07, 6.45) is -2.51. The van der Waals surface area contributed by atoms with Crippen molar-refractivity contribution in [3.05, 3.63) is 29.3 Å². The van der Waals surface area contributed by atoms with Crippen LogP contribution in [0.25, 0.3) is 0 Å². The maximum Gasteiger partial charge on any atom is 0.418 e. The number of hydrogen-bond donors (Lipinski definition) is 1. The second kappa shape index (κ2) is 4.56. The van der Waals surface area contributed by atoms with Crippen LogP contribution in [0.4, 0.5) is 18.9 Å². The molecule has 2 nitrogen and oxygen atoms in total. The van der Waals surface area contributed by atoms with Gasteiger partial charge in [0.15, 0.2) is 0 Å². The summed E-state index contributed by atoms with van der Waals surface area (Å²) in [6.45, 7) is 0.965. The minimum absolute atomic E-state index is 0.229. The van der Waals surface area contributed by atoms with E-state index in [1.807, 2.05) is 0 Å². The summed E-state index contributed by atoms with van der Waals surface area (Å²) in [4.78, 5) is 1.75. The number of halogens is 3. The van der Waals surface area contributed by atoms with Gasteiger partial charge < -0.3 is 10.0 Å². The Hall–Kier alpha value is -1.23. The molecule has 2 rings (SSSR count). The number of anilines is 1. The summed E-state index contributed by atoms with van der Waals surface area (Å²) in [5, 5.41) is 8.90. The molecule has 1 aliphatic rings. The van der Waals surface area contributed by atoms with E-state index in [-0.39, 0.29) is 12.3 Å². The molecule has 0 saturated carbocycles. The number of hydrogen-bond acceptors (Lipinski definition) is 2. The number of nitrogens with zero attached hydrogens (tertiary/aromatic N) is 1. The van der Waals surface area contributed by atoms with Crippen LogP contribution >= 0.6 is 0 Å². The van der Waals surface area contributed by atoms with Crippen molar-refractivity contribution in [1.29, 1.82) is 0 Å². The molecule has 1 fully saturated rings. The first-order valence-corrected chi connectivity index (χ1v) is 5.58. The van der Waals surface area contributed by atoms with E-state index < -0.39 is 11.7 Å². The molecule has 0 unspecified atom stereocenters. The second-order valence-corrected chi connectivity index (χ2v) is 4.20. The maximum absolute atomic E-state index is 12.9. The average molecular weight is 245 g/mol. The largest absolute Gasteiger partial charge is 0.418 e. The van der Waals surface area contributed by atoms with E-state index in [4.69, 9.17) is 5.11 Å². The van der Waals surface area contributed by atoms with Crippen molar-refractivity contribution >= 4 is 5.69 Å². The predicted octanol–water partition coefficient (Wildman–Crippen LogP) is 2.80. The first-order chi connectivity index (χ1) is 8.02. The van der Waals surface area contributed by atoms with Gasteiger partial charge >= 0.3 is 6.18 Å². The molecule has 0 spiro atoms. The summed E-state index contributed by atoms with van der Waals surface area (Å²) in [5.41, 5.74) is -0.126. The number of alkyl halides is 3. The molecule has 1 aromatic rings. The van der Waals surface area contributed by atoms with Crippen molar-refractivity contribution < 1.29 is 18.3 Å². The van der Waals surface area contributed by atoms with Crippen molar-refractivity contribution in [3.8, 4) is 0 Å². The molecule has 0 atom stereocenters. The fourth-order valence-corrected chi connectivity index (χ4v) is 2.14. The summed E-state index contributed by atoms with van der Waals surface area (Å²) in [7, 11) is 0. The first kappa shape index (κ1) is 12.2. The van der Waals surface area contributed by atoms with Crippen LogP contribution in [0.1, 0.15) is 24.0 Å². The Balaban J connectivity index is 2.42. The monoisotopic (exact) mass is 245 g/mol. The van der Waals surface area contributed by atoms with Crippen molar-refractivity contribution in [1.82, 2.24) is 0 Å². The van der Waals surface area contributed by atoms with Crippen molar-refractivity contribution in [2.75, 3.05) is 18.0 Å². The molecule has 94 valence electrons. The van der Waals surface area contributed by atoms with Crippen LogP contribution in [-0.2, 0) is 12.8 Å². The van der Waals surface area contributed by atoms with Crippen LogP contribution in [0.5, 0.6) is 0 Å². The maximum atomic E-state index is 12.9. The number of aliphatic hydroxyl groups is 1. The van der Waals surface area contributed by atoms with Crippen LogP contribution in [-0.4, -0.2) is 18.2 Å². The van der Waals surface area contributed by atoms with Gasteiger partial charge in [0.1, 0.15) is 0 Å². The van der Waals surface area contributed by atoms with Gasteiger partial charge in [-0.25, -0.2) is 0 Å². The minimum Gasteiger partial charge on any atom is -0.392 e. The lowest BCUT2D eigenvalue weighted by Gasteiger charge is -2.23. The third-order valence-corrected chi connectivity index (χ3v) is 3.00. The van der Waals surface area contributed by atoms with Crippen LogP contribution in [0.3, 0.4) is 0 Å². The molecule has 0 radical (unpaired) electrons. The molecule has 0 bridgehead atoms. The fraction of sp³-hybridized carbons (Fsp3) is 0.500. The van der Waals surface area contributed by atoms with E-state index in [0.717, 1.165) is 18.9 Å². The molecule has 1 aliphatic heterocycles. The number of rotatable bonds is 2. The summed E-state index contributed by atoms with van der Waals surface area (Å²) < 4.78 is 38.7. The molecule has 1 saturated heterocycles. The van der Waals surface area contributed by atoms with E-state index in [2.05, 4.69) is 0 Å². The standard InChI is InChI=1S/C12H14F3NO/c13-12(14,15)10-7-9(8-17)3-4-11(10)16-5-1-2-6-16/h3-4,7,17H,1-2,5-6,8H2. The Morgan fingerprint density at radius 2 is 1.82 bits per heavy atom. The van der Waals surface area contributed by atoms with Gasteiger partial charge in [-0.1, -0.05) is 6.07 Å². The van der Waals surface area contributed by atoms with Gasteiger partial charge in [0.25, 0.3) is 0 Å². The van der Waals surface area contributed by atoms with Crippen molar-refractivity contribution in [2.24, 2.45) is 0 Å². The summed E-state index contributed by atoms with van der Waals surface area (Å²) in [5.74, 6) is 0. The van der Waals surface area contributed by atoms with Gasteiger partial charge in [0.2, 0.25) is 0 Å². The molecule has 1 aromatic carbocycles. The zero-order valence-corrected chi connectivity index (χ0v) is 9.30. The Labute approximate surface area is 97.7 Å². The van der Waals surface area contributed by atoms with E-state index >= 15 is 0 Å². The molecule has 5 heteroatoms. The van der Waals surface area contributed by atoms with Crippen LogP contribution < -0.4 is 4.90 Å². The molecule has 0 aliphatic carbocycles. The topological polar surface area (TPSA) is 23.5 Å². The third kappa shape index (κ3) is 2.54. The normalized spacial score (nSPS) is 16.6. The minimum atomic E-state index is -4.37. The molecule has 0 aromatic heterocycles. The van der Waals surface area contributed by atoms with Crippen LogP contribution in [0.15, 0.2) is 18.2 Å². The Morgan fingerprint density at radius 3 is 2.35 bits per heavy atom. The van der Waals surface area contributed by atoms with Gasteiger partial charge in [0.05, 0.1) is 12.2 Å². The van der Waals surface area contributed by atoms with Gasteiger partial charge in [-0.2, -0.15) is 13.2 Å². The van der Waals surface area contributed by atoms with Gasteiger partial charge in [-0.15, -0.1) is 0 Å². The molecular formula is C12H14F3NO. The second-order valence-electron chi connectivity index (χ2n) is 4.20. The van der Waals surface area contributed by atoms with Crippen molar-refractivity contribution in [2.45, 2.75) is 25.6 Å². The van der Waals surface area contributed by atoms with E-state index in [1.54, 1.807) is 11.0 Å². The number of benzene rings is 1. The smallest absolute Gasteiger partial charge is 0.392 e. The number of aliphatic hydroxyl groups excluding tert-OH is 1. The Bertz CT molecular complexity index is 397. The van der Waals surface area contributed by atoms with E-state index in [1.165, 1.54) is 6.07 Å². The zero-order chi connectivity index (χ0) is 12.5. The fourth-order valence-electron chi connectivity index (χ4n) is 2.14. The zero-order valence-electron chi connectivity index (χ0n) is 9.30. The molecule has 0 amide bonds. The van der Waals surface area contributed by atoms with E-state index in [9.17, 15) is 13.2 Å². The third-order valence-electron chi connectivity index (χ3n) is 3.00. The van der Waals surface area contributed by atoms with Crippen molar-refractivity contribution in [3.63, 3.8) is 0 Å². The SMILES string of the molecule is OCc1ccc(N2CCCC2)c(C(F)(F)F)c1. The lowest BCUT2D eigenvalue weighted by Crippen LogP contribution is -2.22. The summed E-state index contributed by atoms with van der Waals surface area (Å²) >= 11 is 0. The lowest BCUT2D eigenvalue weighted by atomic mass is 10.1. The Morgan fingerprint density at radius 1 is 1.18 bits per heavy atom. The molecule has 1 N–H and O–H groups in total. The highest BCUT2D eigenvalue weighted by atomic mass is 19.4. The molecular weight excluding hydrogens is 231 g/mol. The van der Waals surface area contributed by atoms with E-state index in [0.29, 0.717) is 18.7 Å². The average Bonchev–Trinajstić information content (AvgIpc) is 2.80. The highest BCUT2D eigenvalue weighted by Crippen LogP contribution is 2.38. The van der Waals surface area contributed by atoms with Crippen LogP contribution in [0, 0.1) is 0 Å².